The van der Waals surface area contributed by atoms with E-state index in [2.05, 4.69) is 0 Å². The summed E-state index contributed by atoms with van der Waals surface area (Å²) in [6.45, 7) is 0. The fraction of sp³-hybridized carbons (Fsp3) is 0. The molecule has 0 heterocycles. The molecule has 0 bridgehead atoms. The van der Waals surface area contributed by atoms with Gasteiger partial charge in [0.2, 0.25) is 0 Å². The van der Waals surface area contributed by atoms with Crippen LogP contribution in [0.5, 0.6) is 11.5 Å². The molecule has 0 spiro atoms. The molecule has 2 aromatic rings. The van der Waals surface area contributed by atoms with E-state index in [1.807, 2.05) is 12.1 Å². The zero-order valence-electron chi connectivity index (χ0n) is 10.6. The van der Waals surface area contributed by atoms with Crippen molar-refractivity contribution >= 4 is 7.82 Å². The van der Waals surface area contributed by atoms with Crippen LogP contribution in [0, 0.1) is 22.7 Å². The van der Waals surface area contributed by atoms with Crippen molar-refractivity contribution in [2.75, 3.05) is 0 Å². The normalized spacial score (nSPS) is 10.2. The second-order valence-corrected chi connectivity index (χ2v) is 5.23. The van der Waals surface area contributed by atoms with Crippen molar-refractivity contribution < 1.29 is 18.5 Å². The predicted molar refractivity (Wildman–Crippen MR) is 73.4 cm³/mol. The van der Waals surface area contributed by atoms with Gasteiger partial charge in [0.05, 0.1) is 23.3 Å². The Morgan fingerprint density at radius 2 is 1.33 bits per heavy atom. The van der Waals surface area contributed by atoms with E-state index in [0.29, 0.717) is 11.1 Å². The zero-order valence-corrected chi connectivity index (χ0v) is 11.5. The third-order valence-corrected chi connectivity index (χ3v) is 3.25. The maximum Gasteiger partial charge on any atom is 0.584 e. The van der Waals surface area contributed by atoms with Crippen molar-refractivity contribution in [3.63, 3.8) is 0 Å². The van der Waals surface area contributed by atoms with Crippen LogP contribution in [0.2, 0.25) is 0 Å². The van der Waals surface area contributed by atoms with Gasteiger partial charge >= 0.3 is 7.82 Å². The summed E-state index contributed by atoms with van der Waals surface area (Å²) >= 11 is 0. The van der Waals surface area contributed by atoms with E-state index in [1.165, 1.54) is 48.5 Å². The molecule has 0 aliphatic carbocycles. The van der Waals surface area contributed by atoms with Crippen LogP contribution in [0.1, 0.15) is 11.1 Å². The monoisotopic (exact) mass is 300 g/mol. The van der Waals surface area contributed by atoms with Crippen LogP contribution in [-0.2, 0) is 4.57 Å². The Labute approximate surface area is 121 Å². The maximum atomic E-state index is 11.9. The summed E-state index contributed by atoms with van der Waals surface area (Å²) in [7, 11) is -4.42. The standard InChI is InChI=1S/C14H9N2O4P/c15-9-11-3-1-5-13(7-11)19-21(17,18)20-14-6-2-4-12(8-14)10-16/h1-8H,(H,17,18). The molecular formula is C14H9N2O4P. The molecule has 0 aliphatic rings. The molecule has 1 N–H and O–H groups in total. The van der Waals surface area contributed by atoms with Crippen LogP contribution in [0.3, 0.4) is 0 Å². The van der Waals surface area contributed by atoms with Crippen LogP contribution in [0.4, 0.5) is 0 Å². The van der Waals surface area contributed by atoms with E-state index in [0.717, 1.165) is 0 Å². The van der Waals surface area contributed by atoms with Gasteiger partial charge in [0.25, 0.3) is 0 Å². The summed E-state index contributed by atoms with van der Waals surface area (Å²) in [5.74, 6) is 0.0765. The van der Waals surface area contributed by atoms with Gasteiger partial charge in [0.1, 0.15) is 11.5 Å². The molecule has 0 atom stereocenters. The van der Waals surface area contributed by atoms with Crippen molar-refractivity contribution in [1.82, 2.24) is 0 Å². The van der Waals surface area contributed by atoms with Gasteiger partial charge in [0, 0.05) is 0 Å². The largest absolute Gasteiger partial charge is 0.584 e. The Morgan fingerprint density at radius 3 is 1.71 bits per heavy atom. The summed E-state index contributed by atoms with van der Waals surface area (Å²) in [4.78, 5) is 9.69. The van der Waals surface area contributed by atoms with Crippen molar-refractivity contribution in [2.45, 2.75) is 0 Å². The number of hydrogen-bond acceptors (Lipinski definition) is 5. The molecule has 0 radical (unpaired) electrons. The molecule has 21 heavy (non-hydrogen) atoms. The van der Waals surface area contributed by atoms with E-state index < -0.39 is 7.82 Å². The van der Waals surface area contributed by atoms with Crippen LogP contribution >= 0.6 is 7.82 Å². The summed E-state index contributed by atoms with van der Waals surface area (Å²) < 4.78 is 21.7. The van der Waals surface area contributed by atoms with E-state index >= 15 is 0 Å². The number of hydrogen-bond donors (Lipinski definition) is 1. The quantitative estimate of drug-likeness (QED) is 0.870. The highest BCUT2D eigenvalue weighted by atomic mass is 31.2. The summed E-state index contributed by atoms with van der Waals surface area (Å²) in [5, 5.41) is 17.5. The van der Waals surface area contributed by atoms with Crippen LogP contribution in [-0.4, -0.2) is 4.89 Å². The van der Waals surface area contributed by atoms with Gasteiger partial charge < -0.3 is 9.05 Å². The summed E-state index contributed by atoms with van der Waals surface area (Å²) in [6.07, 6.45) is 0. The number of nitriles is 2. The van der Waals surface area contributed by atoms with Gasteiger partial charge in [-0.15, -0.1) is 0 Å². The molecular weight excluding hydrogens is 291 g/mol. The molecule has 0 amide bonds. The molecule has 2 rings (SSSR count). The first kappa shape index (κ1) is 14.6. The van der Waals surface area contributed by atoms with Crippen molar-refractivity contribution in [3.8, 4) is 23.6 Å². The van der Waals surface area contributed by atoms with Crippen LogP contribution in [0.25, 0.3) is 0 Å². The molecule has 0 aromatic heterocycles. The number of benzene rings is 2. The second kappa shape index (κ2) is 6.11. The van der Waals surface area contributed by atoms with Gasteiger partial charge in [-0.05, 0) is 36.4 Å². The number of phosphoric ester groups is 1. The second-order valence-electron chi connectivity index (χ2n) is 3.93. The average Bonchev–Trinajstić information content (AvgIpc) is 2.46. The van der Waals surface area contributed by atoms with Gasteiger partial charge in [0.15, 0.2) is 0 Å². The Bertz CT molecular complexity index is 729. The lowest BCUT2D eigenvalue weighted by Gasteiger charge is -2.13. The molecule has 0 unspecified atom stereocenters. The van der Waals surface area contributed by atoms with Crippen molar-refractivity contribution in [3.05, 3.63) is 59.7 Å². The van der Waals surface area contributed by atoms with Gasteiger partial charge in [-0.25, -0.2) is 4.57 Å². The van der Waals surface area contributed by atoms with E-state index in [1.54, 1.807) is 0 Å². The summed E-state index contributed by atoms with van der Waals surface area (Å²) in [6, 6.07) is 15.4. The average molecular weight is 300 g/mol. The molecule has 0 saturated carbocycles. The molecule has 6 nitrogen and oxygen atoms in total. The Morgan fingerprint density at radius 1 is 0.905 bits per heavy atom. The lowest BCUT2D eigenvalue weighted by atomic mass is 10.2. The first-order chi connectivity index (χ1) is 10.0. The highest BCUT2D eigenvalue weighted by Gasteiger charge is 2.25. The first-order valence-electron chi connectivity index (χ1n) is 5.75. The smallest absolute Gasteiger partial charge is 0.395 e. The fourth-order valence-electron chi connectivity index (χ4n) is 1.53. The maximum absolute atomic E-state index is 11.9. The minimum atomic E-state index is -4.42. The topological polar surface area (TPSA) is 103 Å². The Kier molecular flexibility index (Phi) is 4.25. The predicted octanol–water partition coefficient (Wildman–Crippen LogP) is 2.99. The molecule has 104 valence electrons. The minimum Gasteiger partial charge on any atom is -0.395 e. The number of nitrogens with zero attached hydrogens (tertiary/aromatic N) is 2. The van der Waals surface area contributed by atoms with E-state index in [9.17, 15) is 9.46 Å². The van der Waals surface area contributed by atoms with Crippen LogP contribution < -0.4 is 9.05 Å². The fourth-order valence-corrected chi connectivity index (χ4v) is 2.33. The zero-order chi connectivity index (χ0) is 15.3. The Balaban J connectivity index is 2.16. The molecule has 0 aliphatic heterocycles. The lowest BCUT2D eigenvalue weighted by molar-refractivity contribution is 0.291. The van der Waals surface area contributed by atoms with Gasteiger partial charge in [-0.2, -0.15) is 10.5 Å². The first-order valence-corrected chi connectivity index (χ1v) is 7.24. The van der Waals surface area contributed by atoms with Crippen molar-refractivity contribution in [2.24, 2.45) is 0 Å². The molecule has 0 fully saturated rings. The minimum absolute atomic E-state index is 0.0383. The molecule has 2 aromatic carbocycles. The SMILES string of the molecule is N#Cc1cccc(OP(=O)(O)Oc2cccc(C#N)c2)c1. The van der Waals surface area contributed by atoms with Crippen LogP contribution in [0.15, 0.2) is 48.5 Å². The lowest BCUT2D eigenvalue weighted by Crippen LogP contribution is -2.00. The van der Waals surface area contributed by atoms with Crippen molar-refractivity contribution in [1.29, 1.82) is 10.5 Å². The third-order valence-electron chi connectivity index (χ3n) is 2.37. The molecule has 0 saturated heterocycles. The van der Waals surface area contributed by atoms with Gasteiger partial charge in [-0.3, -0.25) is 4.89 Å². The highest BCUT2D eigenvalue weighted by Crippen LogP contribution is 2.44. The number of rotatable bonds is 4. The Hall–Kier alpha value is -2.79. The third kappa shape index (κ3) is 4.09. The van der Waals surface area contributed by atoms with Gasteiger partial charge in [-0.1, -0.05) is 12.1 Å². The highest BCUT2D eigenvalue weighted by molar-refractivity contribution is 7.48. The number of phosphoric acid groups is 1. The molecule has 7 heteroatoms. The van der Waals surface area contributed by atoms with E-state index in [-0.39, 0.29) is 11.5 Å². The summed E-state index contributed by atoms with van der Waals surface area (Å²) in [5.41, 5.74) is 0.581. The van der Waals surface area contributed by atoms with E-state index in [4.69, 9.17) is 19.6 Å².